The van der Waals surface area contributed by atoms with Gasteiger partial charge in [-0.2, -0.15) is 0 Å². The molecule has 3 heteroatoms. The lowest BCUT2D eigenvalue weighted by atomic mass is 9.97. The van der Waals surface area contributed by atoms with Crippen molar-refractivity contribution >= 4 is 5.78 Å². The minimum atomic E-state index is -0.0412. The van der Waals surface area contributed by atoms with Crippen LogP contribution in [0.5, 0.6) is 5.75 Å². The highest BCUT2D eigenvalue weighted by molar-refractivity contribution is 6.09. The van der Waals surface area contributed by atoms with Crippen molar-refractivity contribution in [2.45, 2.75) is 6.42 Å². The third-order valence-electron chi connectivity index (χ3n) is 4.69. The summed E-state index contributed by atoms with van der Waals surface area (Å²) in [5.74, 6) is 0.108. The van der Waals surface area contributed by atoms with Gasteiger partial charge in [0.2, 0.25) is 0 Å². The lowest BCUT2D eigenvalue weighted by molar-refractivity contribution is 0.103. The van der Waals surface area contributed by atoms with Crippen molar-refractivity contribution in [3.05, 3.63) is 120 Å². The summed E-state index contributed by atoms with van der Waals surface area (Å²) in [6, 6.07) is 28.2. The van der Waals surface area contributed by atoms with Crippen LogP contribution in [0.1, 0.15) is 27.2 Å². The van der Waals surface area contributed by atoms with E-state index in [0.717, 1.165) is 11.1 Å². The summed E-state index contributed by atoms with van der Waals surface area (Å²) < 4.78 is 0. The van der Waals surface area contributed by atoms with E-state index in [4.69, 9.17) is 0 Å². The Kier molecular flexibility index (Phi) is 4.98. The van der Waals surface area contributed by atoms with Crippen LogP contribution in [0.15, 0.2) is 97.2 Å². The third-order valence-corrected chi connectivity index (χ3v) is 4.69. The van der Waals surface area contributed by atoms with Crippen molar-refractivity contribution in [3.63, 3.8) is 0 Å². The molecule has 0 unspecified atom stereocenters. The molecule has 3 aromatic carbocycles. The predicted octanol–water partition coefficient (Wildman–Crippen LogP) is 5.28. The summed E-state index contributed by atoms with van der Waals surface area (Å²) in [5, 5.41) is 10.8. The number of rotatable bonds is 5. The second kappa shape index (κ2) is 7.89. The Hall–Kier alpha value is -3.72. The number of hydrogen-bond donors (Lipinski definition) is 1. The fourth-order valence-electron chi connectivity index (χ4n) is 3.23. The number of aromatic hydroxyl groups is 1. The molecule has 0 bridgehead atoms. The summed E-state index contributed by atoms with van der Waals surface area (Å²) >= 11 is 0. The van der Waals surface area contributed by atoms with Gasteiger partial charge in [-0.3, -0.25) is 9.78 Å². The first-order valence-corrected chi connectivity index (χ1v) is 9.13. The minimum absolute atomic E-state index is 0.0412. The van der Waals surface area contributed by atoms with Crippen LogP contribution in [0.3, 0.4) is 0 Å². The SMILES string of the molecule is O=C(c1ccccc1)c1cccc(-c2ccnc(Cc3ccccc3)c2O)c1. The first kappa shape index (κ1) is 17.7. The van der Waals surface area contributed by atoms with Crippen molar-refractivity contribution in [3.8, 4) is 16.9 Å². The summed E-state index contributed by atoms with van der Waals surface area (Å²) in [5.41, 5.74) is 4.38. The maximum absolute atomic E-state index is 12.7. The summed E-state index contributed by atoms with van der Waals surface area (Å²) in [7, 11) is 0. The second-order valence-corrected chi connectivity index (χ2v) is 6.59. The Morgan fingerprint density at radius 2 is 1.46 bits per heavy atom. The lowest BCUT2D eigenvalue weighted by Gasteiger charge is -2.10. The average Bonchev–Trinajstić information content (AvgIpc) is 2.76. The van der Waals surface area contributed by atoms with Crippen LogP contribution in [-0.4, -0.2) is 15.9 Å². The van der Waals surface area contributed by atoms with E-state index in [1.165, 1.54) is 0 Å². The molecule has 0 saturated carbocycles. The Morgan fingerprint density at radius 1 is 0.786 bits per heavy atom. The van der Waals surface area contributed by atoms with E-state index in [2.05, 4.69) is 4.98 Å². The standard InChI is InChI=1S/C25H19NO2/c27-24(19-10-5-2-6-11-19)21-13-7-12-20(17-21)22-14-15-26-23(25(22)28)16-18-8-3-1-4-9-18/h1-15,17,28H,16H2. The Bertz CT molecular complexity index is 1110. The van der Waals surface area contributed by atoms with Gasteiger partial charge >= 0.3 is 0 Å². The maximum Gasteiger partial charge on any atom is 0.193 e. The average molecular weight is 365 g/mol. The fourth-order valence-corrected chi connectivity index (χ4v) is 3.23. The molecule has 0 fully saturated rings. The topological polar surface area (TPSA) is 50.2 Å². The second-order valence-electron chi connectivity index (χ2n) is 6.59. The largest absolute Gasteiger partial charge is 0.505 e. The van der Waals surface area contributed by atoms with Crippen LogP contribution < -0.4 is 0 Å². The first-order chi connectivity index (χ1) is 13.7. The quantitative estimate of drug-likeness (QED) is 0.490. The monoisotopic (exact) mass is 365 g/mol. The van der Waals surface area contributed by atoms with Gasteiger partial charge in [0.25, 0.3) is 0 Å². The van der Waals surface area contributed by atoms with E-state index in [1.807, 2.05) is 66.7 Å². The van der Waals surface area contributed by atoms with Crippen molar-refractivity contribution in [1.29, 1.82) is 0 Å². The molecule has 136 valence electrons. The van der Waals surface area contributed by atoms with E-state index in [9.17, 15) is 9.90 Å². The number of ketones is 1. The highest BCUT2D eigenvalue weighted by atomic mass is 16.3. The minimum Gasteiger partial charge on any atom is -0.505 e. The molecule has 1 heterocycles. The summed E-state index contributed by atoms with van der Waals surface area (Å²) in [6.07, 6.45) is 2.24. The van der Waals surface area contributed by atoms with Crippen LogP contribution in [0.4, 0.5) is 0 Å². The highest BCUT2D eigenvalue weighted by Gasteiger charge is 2.14. The molecule has 0 aliphatic rings. The van der Waals surface area contributed by atoms with Crippen LogP contribution in [0.25, 0.3) is 11.1 Å². The smallest absolute Gasteiger partial charge is 0.193 e. The van der Waals surface area contributed by atoms with Crippen LogP contribution in [-0.2, 0) is 6.42 Å². The van der Waals surface area contributed by atoms with Gasteiger partial charge in [0.1, 0.15) is 5.75 Å². The van der Waals surface area contributed by atoms with Crippen molar-refractivity contribution < 1.29 is 9.90 Å². The van der Waals surface area contributed by atoms with Gasteiger partial charge in [-0.15, -0.1) is 0 Å². The van der Waals surface area contributed by atoms with E-state index in [0.29, 0.717) is 28.8 Å². The van der Waals surface area contributed by atoms with Crippen molar-refractivity contribution in [2.24, 2.45) is 0 Å². The molecule has 0 aliphatic heterocycles. The highest BCUT2D eigenvalue weighted by Crippen LogP contribution is 2.32. The maximum atomic E-state index is 12.7. The van der Waals surface area contributed by atoms with Gasteiger partial charge in [-0.1, -0.05) is 78.9 Å². The zero-order chi connectivity index (χ0) is 19.3. The van der Waals surface area contributed by atoms with E-state index < -0.39 is 0 Å². The normalized spacial score (nSPS) is 10.6. The Balaban J connectivity index is 1.68. The molecule has 0 amide bonds. The lowest BCUT2D eigenvalue weighted by Crippen LogP contribution is -2.01. The van der Waals surface area contributed by atoms with Gasteiger partial charge in [-0.25, -0.2) is 0 Å². The first-order valence-electron chi connectivity index (χ1n) is 9.13. The molecule has 4 aromatic rings. The van der Waals surface area contributed by atoms with Gasteiger partial charge < -0.3 is 5.11 Å². The van der Waals surface area contributed by atoms with Crippen molar-refractivity contribution in [1.82, 2.24) is 4.98 Å². The number of pyridine rings is 1. The zero-order valence-corrected chi connectivity index (χ0v) is 15.2. The molecular weight excluding hydrogens is 346 g/mol. The molecule has 3 nitrogen and oxygen atoms in total. The molecule has 0 radical (unpaired) electrons. The summed E-state index contributed by atoms with van der Waals surface area (Å²) in [6.45, 7) is 0. The van der Waals surface area contributed by atoms with E-state index in [-0.39, 0.29) is 11.5 Å². The van der Waals surface area contributed by atoms with Crippen molar-refractivity contribution in [2.75, 3.05) is 0 Å². The summed E-state index contributed by atoms with van der Waals surface area (Å²) in [4.78, 5) is 17.1. The predicted molar refractivity (Wildman–Crippen MR) is 110 cm³/mol. The Labute approximate surface area is 164 Å². The number of hydrogen-bond acceptors (Lipinski definition) is 3. The molecule has 0 atom stereocenters. The van der Waals surface area contributed by atoms with E-state index in [1.54, 1.807) is 30.5 Å². The molecular formula is C25H19NO2. The number of nitrogens with zero attached hydrogens (tertiary/aromatic N) is 1. The zero-order valence-electron chi connectivity index (χ0n) is 15.2. The van der Waals surface area contributed by atoms with Gasteiger partial charge in [0, 0.05) is 29.3 Å². The number of carbonyl (C=O) groups excluding carboxylic acids is 1. The van der Waals surface area contributed by atoms with Gasteiger partial charge in [-0.05, 0) is 23.3 Å². The van der Waals surface area contributed by atoms with Crippen LogP contribution in [0.2, 0.25) is 0 Å². The van der Waals surface area contributed by atoms with E-state index >= 15 is 0 Å². The number of carbonyl (C=O) groups is 1. The van der Waals surface area contributed by atoms with Gasteiger partial charge in [0.15, 0.2) is 5.78 Å². The van der Waals surface area contributed by atoms with Gasteiger partial charge in [0.05, 0.1) is 5.69 Å². The Morgan fingerprint density at radius 3 is 2.21 bits per heavy atom. The van der Waals surface area contributed by atoms with Crippen LogP contribution in [0, 0.1) is 0 Å². The fraction of sp³-hybridized carbons (Fsp3) is 0.0400. The molecule has 1 N–H and O–H groups in total. The number of benzene rings is 3. The number of aromatic nitrogens is 1. The molecule has 0 saturated heterocycles. The molecule has 4 rings (SSSR count). The molecule has 28 heavy (non-hydrogen) atoms. The third kappa shape index (κ3) is 3.69. The molecule has 0 spiro atoms. The van der Waals surface area contributed by atoms with Crippen LogP contribution >= 0.6 is 0 Å². The molecule has 1 aromatic heterocycles. The molecule has 0 aliphatic carbocycles.